The zero-order valence-electron chi connectivity index (χ0n) is 12.3. The van der Waals surface area contributed by atoms with Gasteiger partial charge in [-0.2, -0.15) is 0 Å². The quantitative estimate of drug-likeness (QED) is 0.548. The molecule has 0 heterocycles. The number of nitro groups is 1. The molecule has 0 unspecified atom stereocenters. The first kappa shape index (κ1) is 13.7. The molecule has 0 atom stereocenters. The van der Waals surface area contributed by atoms with E-state index in [0.717, 1.165) is 23.3 Å². The Morgan fingerprint density at radius 2 is 1.67 bits per heavy atom. The standard InChI is InChI=1S/C17H20BrNO2/c1-10-2-16(19(20)21)15(18)6-14(10)17-7-11-3-12(8-17)5-13(4-11)9-17/h2,6,11-13H,3-5,7-9H2,1H3. The van der Waals surface area contributed by atoms with Crippen molar-refractivity contribution in [2.24, 2.45) is 17.8 Å². The first-order chi connectivity index (χ1) is 9.97. The highest BCUT2D eigenvalue weighted by Crippen LogP contribution is 2.61. The number of hydrogen-bond acceptors (Lipinski definition) is 2. The molecule has 1 aromatic carbocycles. The van der Waals surface area contributed by atoms with Gasteiger partial charge in [-0.1, -0.05) is 0 Å². The maximum Gasteiger partial charge on any atom is 0.283 e. The van der Waals surface area contributed by atoms with Crippen LogP contribution in [0.1, 0.15) is 49.7 Å². The fraction of sp³-hybridized carbons (Fsp3) is 0.647. The molecule has 0 amide bonds. The smallest absolute Gasteiger partial charge is 0.258 e. The SMILES string of the molecule is Cc1cc([N+](=O)[O-])c(Br)cc1C12CC3CC(CC(C3)C1)C2. The van der Waals surface area contributed by atoms with E-state index in [1.54, 1.807) is 6.07 Å². The minimum absolute atomic E-state index is 0.195. The Bertz CT molecular complexity index is 590. The van der Waals surface area contributed by atoms with E-state index in [9.17, 15) is 10.1 Å². The third-order valence-corrected chi connectivity index (χ3v) is 6.74. The second-order valence-corrected chi connectivity index (χ2v) is 8.43. The predicted molar refractivity (Wildman–Crippen MR) is 85.4 cm³/mol. The average molecular weight is 350 g/mol. The molecule has 5 rings (SSSR count). The summed E-state index contributed by atoms with van der Waals surface area (Å²) >= 11 is 3.42. The lowest BCUT2D eigenvalue weighted by atomic mass is 9.47. The maximum atomic E-state index is 11.1. The van der Waals surface area contributed by atoms with Gasteiger partial charge in [-0.25, -0.2) is 0 Å². The van der Waals surface area contributed by atoms with Crippen LogP contribution in [0.3, 0.4) is 0 Å². The van der Waals surface area contributed by atoms with Crippen LogP contribution in [0.25, 0.3) is 0 Å². The van der Waals surface area contributed by atoms with Gasteiger partial charge in [0, 0.05) is 6.07 Å². The topological polar surface area (TPSA) is 43.1 Å². The number of nitro benzene ring substituents is 1. The molecule has 4 bridgehead atoms. The van der Waals surface area contributed by atoms with E-state index >= 15 is 0 Å². The molecule has 4 saturated carbocycles. The lowest BCUT2D eigenvalue weighted by Gasteiger charge is -2.57. The highest BCUT2D eigenvalue weighted by Gasteiger charge is 2.52. The van der Waals surface area contributed by atoms with Crippen LogP contribution in [0, 0.1) is 34.8 Å². The molecule has 0 N–H and O–H groups in total. The van der Waals surface area contributed by atoms with Gasteiger partial charge in [-0.15, -0.1) is 0 Å². The van der Waals surface area contributed by atoms with Crippen molar-refractivity contribution >= 4 is 21.6 Å². The third kappa shape index (κ3) is 2.06. The molecule has 0 aromatic heterocycles. The van der Waals surface area contributed by atoms with Gasteiger partial charge in [0.2, 0.25) is 0 Å². The van der Waals surface area contributed by atoms with E-state index in [4.69, 9.17) is 0 Å². The number of nitrogens with zero attached hydrogens (tertiary/aromatic N) is 1. The summed E-state index contributed by atoms with van der Waals surface area (Å²) in [6.07, 6.45) is 8.16. The first-order valence-electron chi connectivity index (χ1n) is 7.92. The lowest BCUT2D eigenvalue weighted by Crippen LogP contribution is -2.48. The van der Waals surface area contributed by atoms with Crippen molar-refractivity contribution in [1.29, 1.82) is 0 Å². The molecule has 1 aromatic rings. The van der Waals surface area contributed by atoms with Gasteiger partial charge in [-0.05, 0) is 102 Å². The van der Waals surface area contributed by atoms with Crippen molar-refractivity contribution in [2.45, 2.75) is 50.9 Å². The van der Waals surface area contributed by atoms with Gasteiger partial charge in [0.15, 0.2) is 0 Å². The van der Waals surface area contributed by atoms with Crippen LogP contribution in [0.15, 0.2) is 16.6 Å². The van der Waals surface area contributed by atoms with E-state index in [1.165, 1.54) is 44.1 Å². The number of aryl methyl sites for hydroxylation is 1. The zero-order chi connectivity index (χ0) is 14.8. The lowest BCUT2D eigenvalue weighted by molar-refractivity contribution is -0.385. The van der Waals surface area contributed by atoms with Crippen LogP contribution in [0.4, 0.5) is 5.69 Å². The summed E-state index contributed by atoms with van der Waals surface area (Å²) in [5, 5.41) is 11.1. The molecule has 4 fully saturated rings. The fourth-order valence-electron chi connectivity index (χ4n) is 5.82. The highest BCUT2D eigenvalue weighted by molar-refractivity contribution is 9.10. The fourth-order valence-corrected chi connectivity index (χ4v) is 6.31. The Morgan fingerprint density at radius 1 is 1.14 bits per heavy atom. The molecule has 0 spiro atoms. The molecule has 4 aliphatic rings. The summed E-state index contributed by atoms with van der Waals surface area (Å²) in [7, 11) is 0. The number of halogens is 1. The Morgan fingerprint density at radius 3 is 2.14 bits per heavy atom. The zero-order valence-corrected chi connectivity index (χ0v) is 13.9. The van der Waals surface area contributed by atoms with Crippen molar-refractivity contribution in [2.75, 3.05) is 0 Å². The normalized spacial score (nSPS) is 37.0. The van der Waals surface area contributed by atoms with Gasteiger partial charge in [0.1, 0.15) is 0 Å². The van der Waals surface area contributed by atoms with E-state index < -0.39 is 0 Å². The first-order valence-corrected chi connectivity index (χ1v) is 8.71. The maximum absolute atomic E-state index is 11.1. The monoisotopic (exact) mass is 349 g/mol. The second-order valence-electron chi connectivity index (χ2n) is 7.57. The van der Waals surface area contributed by atoms with Crippen molar-refractivity contribution in [3.05, 3.63) is 37.8 Å². The average Bonchev–Trinajstić information content (AvgIpc) is 2.39. The van der Waals surface area contributed by atoms with Crippen LogP contribution < -0.4 is 0 Å². The number of benzene rings is 1. The molecule has 4 aliphatic carbocycles. The molecule has 0 saturated heterocycles. The summed E-state index contributed by atoms with van der Waals surface area (Å²) in [5.41, 5.74) is 2.98. The molecule has 21 heavy (non-hydrogen) atoms. The number of hydrogen-bond donors (Lipinski definition) is 0. The largest absolute Gasteiger partial charge is 0.283 e. The van der Waals surface area contributed by atoms with Gasteiger partial charge in [0.25, 0.3) is 5.69 Å². The Hall–Kier alpha value is -0.900. The third-order valence-electron chi connectivity index (χ3n) is 6.10. The van der Waals surface area contributed by atoms with E-state index in [-0.39, 0.29) is 10.6 Å². The van der Waals surface area contributed by atoms with Crippen LogP contribution in [-0.2, 0) is 5.41 Å². The van der Waals surface area contributed by atoms with Crippen LogP contribution in [-0.4, -0.2) is 4.92 Å². The highest BCUT2D eigenvalue weighted by atomic mass is 79.9. The van der Waals surface area contributed by atoms with Gasteiger partial charge in [0.05, 0.1) is 9.40 Å². The Balaban J connectivity index is 1.80. The van der Waals surface area contributed by atoms with Crippen molar-refractivity contribution in [3.8, 4) is 0 Å². The minimum atomic E-state index is -0.291. The molecule has 0 aliphatic heterocycles. The summed E-state index contributed by atoms with van der Waals surface area (Å²) in [5.74, 6) is 2.68. The van der Waals surface area contributed by atoms with E-state index in [1.807, 2.05) is 6.92 Å². The van der Waals surface area contributed by atoms with E-state index in [0.29, 0.717) is 9.89 Å². The second kappa shape index (κ2) is 4.55. The summed E-state index contributed by atoms with van der Waals surface area (Å²) < 4.78 is 0.642. The van der Waals surface area contributed by atoms with Crippen LogP contribution >= 0.6 is 15.9 Å². The van der Waals surface area contributed by atoms with Crippen molar-refractivity contribution in [1.82, 2.24) is 0 Å². The minimum Gasteiger partial charge on any atom is -0.258 e. The van der Waals surface area contributed by atoms with E-state index in [2.05, 4.69) is 22.0 Å². The molecule has 4 heteroatoms. The summed E-state index contributed by atoms with van der Waals surface area (Å²) in [6.45, 7) is 2.05. The Kier molecular flexibility index (Phi) is 2.97. The summed E-state index contributed by atoms with van der Waals surface area (Å²) in [4.78, 5) is 10.8. The predicted octanol–water partition coefficient (Wildman–Crippen LogP) is 5.13. The number of rotatable bonds is 2. The molecule has 0 radical (unpaired) electrons. The van der Waals surface area contributed by atoms with Gasteiger partial charge in [-0.3, -0.25) is 10.1 Å². The van der Waals surface area contributed by atoms with Crippen molar-refractivity contribution in [3.63, 3.8) is 0 Å². The van der Waals surface area contributed by atoms with Crippen molar-refractivity contribution < 1.29 is 4.92 Å². The molecule has 112 valence electrons. The molecule has 3 nitrogen and oxygen atoms in total. The van der Waals surface area contributed by atoms with Crippen LogP contribution in [0.5, 0.6) is 0 Å². The van der Waals surface area contributed by atoms with Gasteiger partial charge < -0.3 is 0 Å². The van der Waals surface area contributed by atoms with Gasteiger partial charge >= 0.3 is 0 Å². The molecular formula is C17H20BrNO2. The molecular weight excluding hydrogens is 330 g/mol. The van der Waals surface area contributed by atoms with Crippen LogP contribution in [0.2, 0.25) is 0 Å². The Labute approximate surface area is 133 Å². The summed E-state index contributed by atoms with van der Waals surface area (Å²) in [6, 6.07) is 3.82.